The van der Waals surface area contributed by atoms with E-state index in [1.54, 1.807) is 7.05 Å². The quantitative estimate of drug-likeness (QED) is 0.443. The molecule has 5 heteroatoms. The van der Waals surface area contributed by atoms with E-state index in [-0.39, 0.29) is 0 Å². The second-order valence-electron chi connectivity index (χ2n) is 4.06. The van der Waals surface area contributed by atoms with Gasteiger partial charge in [0.15, 0.2) is 5.96 Å². The first-order valence-corrected chi connectivity index (χ1v) is 6.20. The molecule has 0 radical (unpaired) electrons. The summed E-state index contributed by atoms with van der Waals surface area (Å²) in [4.78, 5) is 4.16. The SMILES string of the molecule is CCCCNC(=NC)NCCn1cc(C)cn1. The van der Waals surface area contributed by atoms with Gasteiger partial charge in [-0.2, -0.15) is 5.10 Å². The van der Waals surface area contributed by atoms with Crippen molar-refractivity contribution in [2.45, 2.75) is 33.2 Å². The van der Waals surface area contributed by atoms with Crippen molar-refractivity contribution in [3.8, 4) is 0 Å². The van der Waals surface area contributed by atoms with Gasteiger partial charge in [-0.15, -0.1) is 0 Å². The number of aliphatic imine (C=N–C) groups is 1. The van der Waals surface area contributed by atoms with E-state index in [1.807, 2.05) is 24.0 Å². The van der Waals surface area contributed by atoms with Gasteiger partial charge in [-0.3, -0.25) is 9.67 Å². The average Bonchev–Trinajstić information content (AvgIpc) is 2.73. The Balaban J connectivity index is 2.19. The monoisotopic (exact) mass is 237 g/mol. The summed E-state index contributed by atoms with van der Waals surface area (Å²) < 4.78 is 1.93. The normalized spacial score (nSPS) is 11.6. The molecule has 1 aromatic rings. The van der Waals surface area contributed by atoms with Crippen molar-refractivity contribution in [3.05, 3.63) is 18.0 Å². The molecule has 0 saturated carbocycles. The number of aryl methyl sites for hydroxylation is 1. The summed E-state index contributed by atoms with van der Waals surface area (Å²) in [5, 5.41) is 10.8. The van der Waals surface area contributed by atoms with Crippen LogP contribution in [0.15, 0.2) is 17.4 Å². The minimum Gasteiger partial charge on any atom is -0.356 e. The Bertz CT molecular complexity index is 342. The Labute approximate surface area is 103 Å². The van der Waals surface area contributed by atoms with Crippen molar-refractivity contribution in [1.29, 1.82) is 0 Å². The second kappa shape index (κ2) is 7.70. The molecule has 0 atom stereocenters. The molecule has 1 aromatic heterocycles. The number of nitrogens with zero attached hydrogens (tertiary/aromatic N) is 3. The van der Waals surface area contributed by atoms with Gasteiger partial charge in [-0.05, 0) is 18.9 Å². The Morgan fingerprint density at radius 2 is 2.18 bits per heavy atom. The van der Waals surface area contributed by atoms with E-state index in [0.29, 0.717) is 0 Å². The first-order valence-electron chi connectivity index (χ1n) is 6.20. The van der Waals surface area contributed by atoms with E-state index in [1.165, 1.54) is 18.4 Å². The summed E-state index contributed by atoms with van der Waals surface area (Å²) in [6.45, 7) is 6.87. The molecule has 2 N–H and O–H groups in total. The smallest absolute Gasteiger partial charge is 0.191 e. The Kier molecular flexibility index (Phi) is 6.14. The van der Waals surface area contributed by atoms with Gasteiger partial charge in [0.25, 0.3) is 0 Å². The van der Waals surface area contributed by atoms with Crippen molar-refractivity contribution in [2.24, 2.45) is 4.99 Å². The molecule has 5 nitrogen and oxygen atoms in total. The zero-order valence-electron chi connectivity index (χ0n) is 11.0. The van der Waals surface area contributed by atoms with Gasteiger partial charge in [0, 0.05) is 26.3 Å². The molecule has 96 valence electrons. The van der Waals surface area contributed by atoms with Crippen molar-refractivity contribution in [3.63, 3.8) is 0 Å². The van der Waals surface area contributed by atoms with E-state index in [9.17, 15) is 0 Å². The third kappa shape index (κ3) is 5.38. The Hall–Kier alpha value is -1.52. The number of hydrogen-bond donors (Lipinski definition) is 2. The van der Waals surface area contributed by atoms with Crippen LogP contribution < -0.4 is 10.6 Å². The molecule has 0 aromatic carbocycles. The molecule has 1 rings (SSSR count). The first-order chi connectivity index (χ1) is 8.26. The first kappa shape index (κ1) is 13.5. The third-order valence-electron chi connectivity index (χ3n) is 2.44. The summed E-state index contributed by atoms with van der Waals surface area (Å²) in [5.74, 6) is 0.863. The number of aromatic nitrogens is 2. The topological polar surface area (TPSA) is 54.2 Å². The largest absolute Gasteiger partial charge is 0.356 e. The third-order valence-corrected chi connectivity index (χ3v) is 2.44. The highest BCUT2D eigenvalue weighted by molar-refractivity contribution is 5.79. The van der Waals surface area contributed by atoms with Crippen LogP contribution in [0.1, 0.15) is 25.3 Å². The minimum absolute atomic E-state index is 0.826. The molecule has 0 unspecified atom stereocenters. The molecule has 0 aliphatic heterocycles. The minimum atomic E-state index is 0.826. The highest BCUT2D eigenvalue weighted by Gasteiger charge is 1.97. The van der Waals surface area contributed by atoms with Gasteiger partial charge in [0.05, 0.1) is 12.7 Å². The molecule has 0 bridgehead atoms. The molecular weight excluding hydrogens is 214 g/mol. The lowest BCUT2D eigenvalue weighted by Gasteiger charge is -2.11. The zero-order chi connectivity index (χ0) is 12.5. The highest BCUT2D eigenvalue weighted by atomic mass is 15.3. The highest BCUT2D eigenvalue weighted by Crippen LogP contribution is 1.92. The number of hydrogen-bond acceptors (Lipinski definition) is 2. The predicted molar refractivity (Wildman–Crippen MR) is 71.2 cm³/mol. The van der Waals surface area contributed by atoms with E-state index >= 15 is 0 Å². The molecule has 0 amide bonds. The number of unbranched alkanes of at least 4 members (excludes halogenated alkanes) is 1. The molecule has 0 aliphatic rings. The molecule has 0 saturated heterocycles. The van der Waals surface area contributed by atoms with Gasteiger partial charge in [-0.25, -0.2) is 0 Å². The molecular formula is C12H23N5. The van der Waals surface area contributed by atoms with Crippen molar-refractivity contribution in [2.75, 3.05) is 20.1 Å². The fourth-order valence-electron chi connectivity index (χ4n) is 1.48. The van der Waals surface area contributed by atoms with Crippen LogP contribution in [0, 0.1) is 6.92 Å². The summed E-state index contributed by atoms with van der Waals surface area (Å²) in [7, 11) is 1.79. The van der Waals surface area contributed by atoms with Crippen molar-refractivity contribution >= 4 is 5.96 Å². The Morgan fingerprint density at radius 1 is 1.41 bits per heavy atom. The predicted octanol–water partition coefficient (Wildman–Crippen LogP) is 1.16. The van der Waals surface area contributed by atoms with E-state index < -0.39 is 0 Å². The zero-order valence-corrected chi connectivity index (χ0v) is 11.0. The van der Waals surface area contributed by atoms with Crippen molar-refractivity contribution in [1.82, 2.24) is 20.4 Å². The lowest BCUT2D eigenvalue weighted by atomic mass is 10.3. The maximum atomic E-state index is 4.23. The molecule has 1 heterocycles. The summed E-state index contributed by atoms with van der Waals surface area (Å²) in [6.07, 6.45) is 6.26. The van der Waals surface area contributed by atoms with Crippen LogP contribution in [-0.4, -0.2) is 35.9 Å². The molecule has 0 aliphatic carbocycles. The van der Waals surface area contributed by atoms with E-state index in [4.69, 9.17) is 0 Å². The summed E-state index contributed by atoms with van der Waals surface area (Å²) >= 11 is 0. The van der Waals surface area contributed by atoms with Crippen LogP contribution in [-0.2, 0) is 6.54 Å². The lowest BCUT2D eigenvalue weighted by molar-refractivity contribution is 0.596. The van der Waals surface area contributed by atoms with Gasteiger partial charge in [0.1, 0.15) is 0 Å². The van der Waals surface area contributed by atoms with Crippen LogP contribution >= 0.6 is 0 Å². The van der Waals surface area contributed by atoms with Crippen molar-refractivity contribution < 1.29 is 0 Å². The molecule has 0 fully saturated rings. The number of rotatable bonds is 6. The van der Waals surface area contributed by atoms with Crippen LogP contribution in [0.3, 0.4) is 0 Å². The fraction of sp³-hybridized carbons (Fsp3) is 0.667. The maximum absolute atomic E-state index is 4.23. The van der Waals surface area contributed by atoms with E-state index in [0.717, 1.165) is 25.6 Å². The molecule has 0 spiro atoms. The van der Waals surface area contributed by atoms with Crippen LogP contribution in [0.25, 0.3) is 0 Å². The fourth-order valence-corrected chi connectivity index (χ4v) is 1.48. The standard InChI is InChI=1S/C12H23N5/c1-4-5-6-14-12(13-3)15-7-8-17-10-11(2)9-16-17/h9-10H,4-8H2,1-3H3,(H2,13,14,15). The van der Waals surface area contributed by atoms with E-state index in [2.05, 4.69) is 27.6 Å². The van der Waals surface area contributed by atoms with Crippen LogP contribution in [0.2, 0.25) is 0 Å². The number of nitrogens with one attached hydrogen (secondary N) is 2. The number of guanidine groups is 1. The lowest BCUT2D eigenvalue weighted by Crippen LogP contribution is -2.39. The van der Waals surface area contributed by atoms with Gasteiger partial charge >= 0.3 is 0 Å². The average molecular weight is 237 g/mol. The summed E-state index contributed by atoms with van der Waals surface area (Å²) in [6, 6.07) is 0. The van der Waals surface area contributed by atoms with Gasteiger partial charge in [0.2, 0.25) is 0 Å². The molecule has 17 heavy (non-hydrogen) atoms. The summed E-state index contributed by atoms with van der Waals surface area (Å²) in [5.41, 5.74) is 1.19. The Morgan fingerprint density at radius 3 is 2.76 bits per heavy atom. The maximum Gasteiger partial charge on any atom is 0.191 e. The van der Waals surface area contributed by atoms with Crippen LogP contribution in [0.5, 0.6) is 0 Å². The van der Waals surface area contributed by atoms with Gasteiger partial charge in [-0.1, -0.05) is 13.3 Å². The van der Waals surface area contributed by atoms with Crippen LogP contribution in [0.4, 0.5) is 0 Å². The second-order valence-corrected chi connectivity index (χ2v) is 4.06. The van der Waals surface area contributed by atoms with Gasteiger partial charge < -0.3 is 10.6 Å².